The average Bonchev–Trinajstić information content (AvgIpc) is 3.15. The Hall–Kier alpha value is -3.11. The van der Waals surface area contributed by atoms with Gasteiger partial charge in [-0.15, -0.1) is 0 Å². The number of likely N-dealkylation sites (N-methyl/N-ethyl adjacent to an activating group) is 1. The van der Waals surface area contributed by atoms with Gasteiger partial charge in [0.15, 0.2) is 6.10 Å². The van der Waals surface area contributed by atoms with Gasteiger partial charge in [0, 0.05) is 12.8 Å². The van der Waals surface area contributed by atoms with Crippen LogP contribution < -0.4 is 4.89 Å². The number of nitrogens with zero attached hydrogens (tertiary/aromatic N) is 1. The summed E-state index contributed by atoms with van der Waals surface area (Å²) in [7, 11) is 1.00. The predicted molar refractivity (Wildman–Crippen MR) is 232 cm³/mol. The molecule has 0 aliphatic heterocycles. The molecule has 0 saturated heterocycles. The van der Waals surface area contributed by atoms with E-state index in [9.17, 15) is 24.2 Å². The maximum atomic E-state index is 12.7. The molecule has 0 spiro atoms. The molecule has 0 aliphatic rings. The average molecular weight is 818 g/mol. The first-order chi connectivity index (χ1) is 27.4. The number of esters is 2. The predicted octanol–water partition coefficient (Wildman–Crippen LogP) is 10.1. The summed E-state index contributed by atoms with van der Waals surface area (Å²) in [6, 6.07) is 0. The van der Waals surface area contributed by atoms with Gasteiger partial charge in [0.25, 0.3) is 7.82 Å². The highest BCUT2D eigenvalue weighted by atomic mass is 31.2. The smallest absolute Gasteiger partial charge is 0.306 e. The van der Waals surface area contributed by atoms with Gasteiger partial charge in [0.2, 0.25) is 0 Å². The summed E-state index contributed by atoms with van der Waals surface area (Å²) in [6.45, 7) is 3.77. The maximum Gasteiger partial charge on any atom is 0.306 e. The van der Waals surface area contributed by atoms with Crippen molar-refractivity contribution in [3.8, 4) is 0 Å². The molecule has 0 saturated carbocycles. The van der Waals surface area contributed by atoms with Crippen LogP contribution in [0.3, 0.4) is 0 Å². The second-order valence-corrected chi connectivity index (χ2v) is 16.2. The monoisotopic (exact) mass is 818 g/mol. The Balaban J connectivity index is 4.69. The van der Waals surface area contributed by atoms with Crippen molar-refractivity contribution in [2.45, 2.75) is 135 Å². The van der Waals surface area contributed by atoms with Crippen LogP contribution in [0.4, 0.5) is 0 Å². The van der Waals surface area contributed by atoms with Crippen molar-refractivity contribution in [2.24, 2.45) is 0 Å². The van der Waals surface area contributed by atoms with Gasteiger partial charge in [-0.05, 0) is 83.5 Å². The lowest BCUT2D eigenvalue weighted by Crippen LogP contribution is -2.37. The van der Waals surface area contributed by atoms with E-state index in [0.717, 1.165) is 57.8 Å². The first-order valence-electron chi connectivity index (χ1n) is 21.1. The summed E-state index contributed by atoms with van der Waals surface area (Å²) in [5.74, 6) is -1.10. The van der Waals surface area contributed by atoms with Gasteiger partial charge in [-0.2, -0.15) is 0 Å². The lowest BCUT2D eigenvalue weighted by atomic mass is 10.1. The Morgan fingerprint density at radius 1 is 0.667 bits per heavy atom. The third-order valence-corrected chi connectivity index (χ3v) is 9.16. The van der Waals surface area contributed by atoms with E-state index >= 15 is 0 Å². The third-order valence-electron chi connectivity index (χ3n) is 8.19. The van der Waals surface area contributed by atoms with Crippen molar-refractivity contribution in [2.75, 3.05) is 47.5 Å². The molecule has 0 aromatic heterocycles. The number of hydrogen-bond acceptors (Lipinski definition) is 9. The molecular weight excluding hydrogens is 741 g/mol. The van der Waals surface area contributed by atoms with E-state index in [0.29, 0.717) is 30.3 Å². The van der Waals surface area contributed by atoms with Crippen molar-refractivity contribution in [1.29, 1.82) is 0 Å². The number of aliphatic hydroxyl groups is 1. The largest absolute Gasteiger partial charge is 0.756 e. The topological polar surface area (TPSA) is 131 Å². The Labute approximate surface area is 346 Å². The minimum absolute atomic E-state index is 0.0185. The van der Waals surface area contributed by atoms with Crippen molar-refractivity contribution in [3.63, 3.8) is 0 Å². The number of unbranched alkanes of at least 4 members (excludes halogenated alkanes) is 5. The van der Waals surface area contributed by atoms with Gasteiger partial charge in [0.05, 0.1) is 33.9 Å². The molecule has 324 valence electrons. The fourth-order valence-electron chi connectivity index (χ4n) is 4.86. The second-order valence-electron chi connectivity index (χ2n) is 14.8. The van der Waals surface area contributed by atoms with Crippen LogP contribution in [0.5, 0.6) is 0 Å². The Bertz CT molecular complexity index is 1310. The van der Waals surface area contributed by atoms with Gasteiger partial charge >= 0.3 is 11.9 Å². The molecular formula is C46H76NO9P. The molecule has 0 rings (SSSR count). The van der Waals surface area contributed by atoms with Crippen molar-refractivity contribution in [1.82, 2.24) is 0 Å². The zero-order valence-corrected chi connectivity index (χ0v) is 36.7. The lowest BCUT2D eigenvalue weighted by Gasteiger charge is -2.28. The van der Waals surface area contributed by atoms with Crippen LogP contribution in [-0.4, -0.2) is 81.2 Å². The molecule has 0 fully saturated rings. The molecule has 0 aromatic carbocycles. The molecule has 1 N–H and O–H groups in total. The molecule has 10 nitrogen and oxygen atoms in total. The number of allylic oxidation sites excluding steroid dienone is 15. The first-order valence-corrected chi connectivity index (χ1v) is 22.5. The quantitative estimate of drug-likeness (QED) is 0.0164. The number of aliphatic hydroxyl groups excluding tert-OH is 1. The highest BCUT2D eigenvalue weighted by molar-refractivity contribution is 7.45. The normalized spacial score (nSPS) is 15.1. The minimum Gasteiger partial charge on any atom is -0.756 e. The van der Waals surface area contributed by atoms with E-state index in [1.807, 2.05) is 33.3 Å². The van der Waals surface area contributed by atoms with Crippen molar-refractivity contribution in [3.05, 3.63) is 97.2 Å². The van der Waals surface area contributed by atoms with Gasteiger partial charge in [-0.1, -0.05) is 124 Å². The van der Waals surface area contributed by atoms with Crippen LogP contribution >= 0.6 is 7.82 Å². The fourth-order valence-corrected chi connectivity index (χ4v) is 5.59. The number of rotatable bonds is 36. The van der Waals surface area contributed by atoms with Gasteiger partial charge in [-0.3, -0.25) is 14.2 Å². The van der Waals surface area contributed by atoms with Gasteiger partial charge < -0.3 is 33.0 Å². The summed E-state index contributed by atoms with van der Waals surface area (Å²) in [5, 5.41) is 10.3. The van der Waals surface area contributed by atoms with Crippen LogP contribution in [0, 0.1) is 0 Å². The highest BCUT2D eigenvalue weighted by Crippen LogP contribution is 2.38. The summed E-state index contributed by atoms with van der Waals surface area (Å²) in [4.78, 5) is 37.5. The standard InChI is InChI=1S/C46H76NO9P/c1-6-8-10-12-14-16-18-20-21-23-25-27-29-31-33-37-45(49)53-41-44(42-55-57(51,52)54-40-39-47(3,4)5)56-46(50)38-34-36-43(48)35-32-30-28-26-24-22-19-17-15-13-11-9-7-2/h8,10,14-17,20-22,24-25,27-28,30,32,35,43-44,48H,6-7,9,11-13,18-19,23,26,29,31,33-34,36-42H2,1-5H3/b10-8-,16-14-,17-15-,21-20-,24-22-,27-25-,30-28-,35-32+/t43-,44+/m0/s1. The van der Waals surface area contributed by atoms with E-state index in [4.69, 9.17) is 18.5 Å². The molecule has 1 unspecified atom stereocenters. The summed E-state index contributed by atoms with van der Waals surface area (Å²) >= 11 is 0. The first kappa shape index (κ1) is 53.9. The SMILES string of the molecule is CC/C=C\C/C=C\C/C=C\C/C=C\CCCCC(=O)OC[C@H](COP(=O)([O-])OCC[N+](C)(C)C)OC(=O)CCC[C@@H](O)/C=C/C=C\C/C=C\C/C=C\CCCCC. The summed E-state index contributed by atoms with van der Waals surface area (Å²) in [5.41, 5.74) is 0. The Kier molecular flexibility index (Phi) is 35.2. The van der Waals surface area contributed by atoms with E-state index in [1.165, 1.54) is 19.3 Å². The molecule has 0 aliphatic carbocycles. The number of phosphoric acid groups is 1. The number of phosphoric ester groups is 1. The number of hydrogen-bond donors (Lipinski definition) is 1. The number of carbonyl (C=O) groups is 2. The Morgan fingerprint density at radius 2 is 1.21 bits per heavy atom. The van der Waals surface area contributed by atoms with Gasteiger partial charge in [-0.25, -0.2) is 0 Å². The molecule has 0 aromatic rings. The molecule has 0 amide bonds. The van der Waals surface area contributed by atoms with Crippen molar-refractivity contribution < 1.29 is 47.2 Å². The zero-order valence-electron chi connectivity index (χ0n) is 35.8. The summed E-state index contributed by atoms with van der Waals surface area (Å²) < 4.78 is 33.6. The number of carbonyl (C=O) groups excluding carboxylic acids is 2. The second kappa shape index (κ2) is 37.2. The minimum atomic E-state index is -4.69. The fraction of sp³-hybridized carbons (Fsp3) is 0.609. The molecule has 3 atom stereocenters. The molecule has 0 radical (unpaired) electrons. The van der Waals surface area contributed by atoms with E-state index in [1.54, 1.807) is 12.2 Å². The van der Waals surface area contributed by atoms with Crippen LogP contribution in [0.15, 0.2) is 97.2 Å². The van der Waals surface area contributed by atoms with Crippen LogP contribution in [0.2, 0.25) is 0 Å². The highest BCUT2D eigenvalue weighted by Gasteiger charge is 2.22. The number of quaternary nitrogens is 1. The van der Waals surface area contributed by atoms with Gasteiger partial charge in [0.1, 0.15) is 19.8 Å². The lowest BCUT2D eigenvalue weighted by molar-refractivity contribution is -0.870. The zero-order chi connectivity index (χ0) is 42.3. The maximum absolute atomic E-state index is 12.7. The van der Waals surface area contributed by atoms with E-state index < -0.39 is 38.6 Å². The van der Waals surface area contributed by atoms with Crippen LogP contribution in [-0.2, 0) is 32.7 Å². The molecule has 0 bridgehead atoms. The van der Waals surface area contributed by atoms with E-state index in [-0.39, 0.29) is 26.1 Å². The van der Waals surface area contributed by atoms with Crippen LogP contribution in [0.1, 0.15) is 123 Å². The Morgan fingerprint density at radius 3 is 1.79 bits per heavy atom. The van der Waals surface area contributed by atoms with E-state index in [2.05, 4.69) is 86.8 Å². The summed E-state index contributed by atoms with van der Waals surface area (Å²) in [6.07, 6.45) is 44.7. The molecule has 0 heterocycles. The van der Waals surface area contributed by atoms with Crippen molar-refractivity contribution >= 4 is 19.8 Å². The third kappa shape index (κ3) is 40.9. The van der Waals surface area contributed by atoms with Crippen LogP contribution in [0.25, 0.3) is 0 Å². The molecule has 57 heavy (non-hydrogen) atoms. The molecule has 11 heteroatoms. The number of ether oxygens (including phenoxy) is 2.